The Morgan fingerprint density at radius 1 is 1.08 bits per heavy atom. The minimum absolute atomic E-state index is 0.132. The molecule has 37 heavy (non-hydrogen) atoms. The van der Waals surface area contributed by atoms with Crippen molar-refractivity contribution in [3.05, 3.63) is 89.2 Å². The molecule has 0 saturated carbocycles. The van der Waals surface area contributed by atoms with Gasteiger partial charge in [-0.2, -0.15) is 0 Å². The highest BCUT2D eigenvalue weighted by atomic mass is 32.1. The van der Waals surface area contributed by atoms with Gasteiger partial charge in [0, 0.05) is 42.8 Å². The maximum absolute atomic E-state index is 13.2. The lowest BCUT2D eigenvalue weighted by atomic mass is 10.2. The molecular formula is C27H24N6O3S. The first-order valence-electron chi connectivity index (χ1n) is 11.6. The van der Waals surface area contributed by atoms with Crippen molar-refractivity contribution >= 4 is 45.8 Å². The summed E-state index contributed by atoms with van der Waals surface area (Å²) in [6, 6.07) is 18.2. The number of carbonyl (C=O) groups excluding carboxylic acids is 2. The van der Waals surface area contributed by atoms with Gasteiger partial charge in [0.15, 0.2) is 0 Å². The summed E-state index contributed by atoms with van der Waals surface area (Å²) in [7, 11) is 1.70. The van der Waals surface area contributed by atoms with Gasteiger partial charge in [0.2, 0.25) is 5.95 Å². The zero-order valence-corrected chi connectivity index (χ0v) is 21.1. The number of aliphatic hydroxyl groups is 1. The minimum atomic E-state index is -0.337. The largest absolute Gasteiger partial charge is 0.395 e. The number of nitrogens with zero attached hydrogens (tertiary/aromatic N) is 5. The number of imidazole rings is 1. The van der Waals surface area contributed by atoms with Crippen molar-refractivity contribution in [1.29, 1.82) is 0 Å². The second kappa shape index (κ2) is 10.3. The van der Waals surface area contributed by atoms with E-state index in [2.05, 4.69) is 20.3 Å². The number of pyridine rings is 1. The summed E-state index contributed by atoms with van der Waals surface area (Å²) in [5.74, 6) is -0.177. The molecule has 0 unspecified atom stereocenters. The maximum atomic E-state index is 13.2. The summed E-state index contributed by atoms with van der Waals surface area (Å²) in [4.78, 5) is 41.4. The number of fused-ring (bicyclic) bond motifs is 1. The van der Waals surface area contributed by atoms with Crippen molar-refractivity contribution in [2.75, 3.05) is 23.9 Å². The Morgan fingerprint density at radius 2 is 1.89 bits per heavy atom. The van der Waals surface area contributed by atoms with Crippen LogP contribution in [0.15, 0.2) is 73.1 Å². The number of aryl methyl sites for hydroxylation is 1. The van der Waals surface area contributed by atoms with E-state index < -0.39 is 0 Å². The molecule has 0 atom stereocenters. The van der Waals surface area contributed by atoms with Gasteiger partial charge in [-0.15, -0.1) is 11.3 Å². The highest BCUT2D eigenvalue weighted by molar-refractivity contribution is 7.17. The highest BCUT2D eigenvalue weighted by Crippen LogP contribution is 2.29. The van der Waals surface area contributed by atoms with Gasteiger partial charge in [-0.25, -0.2) is 9.97 Å². The predicted molar refractivity (Wildman–Crippen MR) is 144 cm³/mol. The zero-order chi connectivity index (χ0) is 25.9. The van der Waals surface area contributed by atoms with Crippen molar-refractivity contribution in [2.24, 2.45) is 0 Å². The predicted octanol–water partition coefficient (Wildman–Crippen LogP) is 4.38. The van der Waals surface area contributed by atoms with E-state index in [1.165, 1.54) is 11.3 Å². The van der Waals surface area contributed by atoms with E-state index in [-0.39, 0.29) is 25.0 Å². The summed E-state index contributed by atoms with van der Waals surface area (Å²) in [5.41, 5.74) is 4.00. The Labute approximate surface area is 217 Å². The second-order valence-corrected chi connectivity index (χ2v) is 9.34. The first-order valence-corrected chi connectivity index (χ1v) is 12.4. The van der Waals surface area contributed by atoms with Crippen LogP contribution in [0.25, 0.3) is 21.6 Å². The first-order chi connectivity index (χ1) is 18.0. The second-order valence-electron chi connectivity index (χ2n) is 8.34. The topological polar surface area (TPSA) is 113 Å². The van der Waals surface area contributed by atoms with Gasteiger partial charge in [0.1, 0.15) is 9.88 Å². The number of aliphatic hydroxyl groups excluding tert-OH is 1. The van der Waals surface area contributed by atoms with E-state index in [9.17, 15) is 14.7 Å². The molecule has 0 saturated heterocycles. The fourth-order valence-corrected chi connectivity index (χ4v) is 4.97. The van der Waals surface area contributed by atoms with E-state index in [0.717, 1.165) is 11.1 Å². The van der Waals surface area contributed by atoms with Gasteiger partial charge in [0.25, 0.3) is 11.8 Å². The Morgan fingerprint density at radius 3 is 2.62 bits per heavy atom. The van der Waals surface area contributed by atoms with Crippen LogP contribution in [0.1, 0.15) is 25.7 Å². The summed E-state index contributed by atoms with van der Waals surface area (Å²) >= 11 is 1.28. The van der Waals surface area contributed by atoms with E-state index in [1.807, 2.05) is 42.5 Å². The summed E-state index contributed by atoms with van der Waals surface area (Å²) in [5, 5.41) is 13.2. The van der Waals surface area contributed by atoms with Gasteiger partial charge in [-0.05, 0) is 49.4 Å². The number of amides is 2. The summed E-state index contributed by atoms with van der Waals surface area (Å²) < 4.78 is 1.74. The van der Waals surface area contributed by atoms with E-state index in [0.29, 0.717) is 38.3 Å². The van der Waals surface area contributed by atoms with Crippen molar-refractivity contribution in [3.63, 3.8) is 0 Å². The van der Waals surface area contributed by atoms with Crippen LogP contribution < -0.4 is 10.2 Å². The number of anilines is 2. The van der Waals surface area contributed by atoms with Crippen molar-refractivity contribution in [2.45, 2.75) is 13.5 Å². The third-order valence-electron chi connectivity index (χ3n) is 5.90. The lowest BCUT2D eigenvalue weighted by Gasteiger charge is -2.17. The molecule has 2 N–H and O–H groups in total. The average molecular weight is 513 g/mol. The van der Waals surface area contributed by atoms with Gasteiger partial charge in [-0.3, -0.25) is 19.9 Å². The maximum Gasteiger partial charge on any atom is 0.269 e. The SMILES string of the molecule is Cc1nc(-c2cccnc2)sc1C(=O)Nc1nc2cc(N(C)C(=O)c3ccccc3)ccc2n1CCO. The van der Waals surface area contributed by atoms with E-state index >= 15 is 0 Å². The standard InChI is InChI=1S/C27H24N6O3S/c1-17-23(37-25(29-17)19-9-6-12-28-16-19)24(35)31-27-30-21-15-20(10-11-22(21)33(27)13-14-34)32(2)26(36)18-7-4-3-5-8-18/h3-12,15-16,34H,13-14H2,1-2H3,(H,30,31,35). The number of hydrogen-bond acceptors (Lipinski definition) is 7. The van der Waals surface area contributed by atoms with Crippen LogP contribution in [0.3, 0.4) is 0 Å². The Balaban J connectivity index is 1.44. The molecule has 9 nitrogen and oxygen atoms in total. The highest BCUT2D eigenvalue weighted by Gasteiger charge is 2.21. The lowest BCUT2D eigenvalue weighted by Crippen LogP contribution is -2.26. The van der Waals surface area contributed by atoms with Gasteiger partial charge in [-0.1, -0.05) is 18.2 Å². The molecule has 3 heterocycles. The first kappa shape index (κ1) is 24.3. The lowest BCUT2D eigenvalue weighted by molar-refractivity contribution is 0.0991. The number of hydrogen-bond donors (Lipinski definition) is 2. The summed E-state index contributed by atoms with van der Waals surface area (Å²) in [6.07, 6.45) is 3.39. The number of carbonyl (C=O) groups is 2. The van der Waals surface area contributed by atoms with Crippen LogP contribution in [-0.2, 0) is 6.54 Å². The van der Waals surface area contributed by atoms with E-state index in [4.69, 9.17) is 0 Å². The average Bonchev–Trinajstić information content (AvgIpc) is 3.48. The number of nitrogens with one attached hydrogen (secondary N) is 1. The molecule has 5 aromatic rings. The molecule has 0 aliphatic carbocycles. The van der Waals surface area contributed by atoms with Crippen LogP contribution in [-0.4, -0.2) is 50.1 Å². The smallest absolute Gasteiger partial charge is 0.269 e. The van der Waals surface area contributed by atoms with Crippen LogP contribution in [0.4, 0.5) is 11.6 Å². The van der Waals surface area contributed by atoms with Crippen LogP contribution >= 0.6 is 11.3 Å². The fraction of sp³-hybridized carbons (Fsp3) is 0.148. The third kappa shape index (κ3) is 4.84. The van der Waals surface area contributed by atoms with Crippen LogP contribution in [0.5, 0.6) is 0 Å². The van der Waals surface area contributed by atoms with Crippen molar-refractivity contribution in [1.82, 2.24) is 19.5 Å². The van der Waals surface area contributed by atoms with Gasteiger partial charge < -0.3 is 14.6 Å². The van der Waals surface area contributed by atoms with Crippen LogP contribution in [0.2, 0.25) is 0 Å². The Hall–Kier alpha value is -4.41. The molecule has 3 aromatic heterocycles. The molecular weight excluding hydrogens is 488 g/mol. The van der Waals surface area contributed by atoms with E-state index in [1.54, 1.807) is 54.0 Å². The molecule has 0 bridgehead atoms. The molecule has 2 aromatic carbocycles. The quantitative estimate of drug-likeness (QED) is 0.335. The number of thiazole rings is 1. The minimum Gasteiger partial charge on any atom is -0.395 e. The molecule has 186 valence electrons. The molecule has 10 heteroatoms. The Kier molecular flexibility index (Phi) is 6.76. The number of rotatable bonds is 7. The molecule has 0 aliphatic heterocycles. The van der Waals surface area contributed by atoms with Gasteiger partial charge >= 0.3 is 0 Å². The van der Waals surface area contributed by atoms with Crippen molar-refractivity contribution in [3.8, 4) is 10.6 Å². The number of aromatic nitrogens is 4. The Bertz CT molecular complexity index is 1580. The normalized spacial score (nSPS) is 11.0. The molecule has 5 rings (SSSR count). The molecule has 0 aliphatic rings. The molecule has 2 amide bonds. The third-order valence-corrected chi connectivity index (χ3v) is 7.11. The van der Waals surface area contributed by atoms with Crippen LogP contribution in [0, 0.1) is 6.92 Å². The molecule has 0 radical (unpaired) electrons. The van der Waals surface area contributed by atoms with Crippen molar-refractivity contribution < 1.29 is 14.7 Å². The zero-order valence-electron chi connectivity index (χ0n) is 20.3. The fourth-order valence-electron chi connectivity index (χ4n) is 4.02. The van der Waals surface area contributed by atoms with Gasteiger partial charge in [0.05, 0.1) is 23.3 Å². The monoisotopic (exact) mass is 512 g/mol. The molecule has 0 spiro atoms. The molecule has 0 fully saturated rings. The number of benzene rings is 2. The summed E-state index contributed by atoms with van der Waals surface area (Å²) in [6.45, 7) is 1.90.